The minimum Gasteiger partial charge on any atom is -0.303 e. The molecule has 0 amide bonds. The fourth-order valence-corrected chi connectivity index (χ4v) is 8.96. The molecule has 3 heterocycles. The van der Waals surface area contributed by atoms with E-state index in [1.807, 2.05) is 24.3 Å². The van der Waals surface area contributed by atoms with Crippen LogP contribution in [0.15, 0.2) is 77.5 Å². The standard InChI is InChI=1S/C39H42FN3S2/c1-27-8-6-12-32(18-27)38-41-35(25-44-38)21-34(24-43-16-4-5-17-43)37(31-15-14-29-10-2-3-11-30(29)20-31)22-36-26-45-39(42-36)33-13-7-9-28(19-33)23-40/h6-9,12-15,18-20,25-26,34,37H,2-5,10-11,16-17,21-24H2,1H3. The van der Waals surface area contributed by atoms with Crippen molar-refractivity contribution in [3.05, 3.63) is 117 Å². The fraction of sp³-hybridized carbons (Fsp3) is 0.385. The molecular weight excluding hydrogens is 594 g/mol. The molecule has 1 saturated heterocycles. The second-order valence-electron chi connectivity index (χ2n) is 13.0. The van der Waals surface area contributed by atoms with E-state index in [1.165, 1.54) is 79.6 Å². The van der Waals surface area contributed by atoms with Gasteiger partial charge in [-0.15, -0.1) is 22.7 Å². The van der Waals surface area contributed by atoms with Gasteiger partial charge in [0, 0.05) is 28.4 Å². The Morgan fingerprint density at radius 1 is 0.756 bits per heavy atom. The van der Waals surface area contributed by atoms with Gasteiger partial charge in [-0.1, -0.05) is 60.2 Å². The molecule has 0 spiro atoms. The highest BCUT2D eigenvalue weighted by molar-refractivity contribution is 7.13. The van der Waals surface area contributed by atoms with Crippen molar-refractivity contribution in [1.29, 1.82) is 0 Å². The maximum absolute atomic E-state index is 13.4. The first-order valence-corrected chi connectivity index (χ1v) is 18.3. The molecule has 232 valence electrons. The van der Waals surface area contributed by atoms with Crippen molar-refractivity contribution in [1.82, 2.24) is 14.9 Å². The number of likely N-dealkylation sites (tertiary alicyclic amines) is 1. The molecule has 1 fully saturated rings. The van der Waals surface area contributed by atoms with Crippen molar-refractivity contribution in [3.63, 3.8) is 0 Å². The zero-order valence-corrected chi connectivity index (χ0v) is 27.8. The summed E-state index contributed by atoms with van der Waals surface area (Å²) in [5.41, 5.74) is 11.0. The Hall–Kier alpha value is -3.19. The van der Waals surface area contributed by atoms with Crippen LogP contribution in [0.25, 0.3) is 21.1 Å². The number of fused-ring (bicyclic) bond motifs is 1. The first-order valence-electron chi connectivity index (χ1n) is 16.6. The Kier molecular flexibility index (Phi) is 9.52. The van der Waals surface area contributed by atoms with Crippen LogP contribution in [0.4, 0.5) is 4.39 Å². The van der Waals surface area contributed by atoms with E-state index in [2.05, 4.69) is 65.0 Å². The van der Waals surface area contributed by atoms with Crippen LogP contribution >= 0.6 is 22.7 Å². The Morgan fingerprint density at radius 2 is 1.44 bits per heavy atom. The SMILES string of the molecule is Cc1cccc(-c2nc(CC(CN3CCCC3)C(Cc3csc(-c4cccc(CF)c4)n3)c3ccc4c(c3)CCCC4)cs2)c1. The van der Waals surface area contributed by atoms with Gasteiger partial charge in [0.2, 0.25) is 0 Å². The summed E-state index contributed by atoms with van der Waals surface area (Å²) < 4.78 is 13.4. The monoisotopic (exact) mass is 635 g/mol. The molecule has 2 atom stereocenters. The summed E-state index contributed by atoms with van der Waals surface area (Å²) in [4.78, 5) is 13.0. The molecule has 0 radical (unpaired) electrons. The molecule has 2 aliphatic rings. The minimum absolute atomic E-state index is 0.328. The molecule has 1 aliphatic carbocycles. The van der Waals surface area contributed by atoms with Crippen LogP contribution in [0.2, 0.25) is 0 Å². The van der Waals surface area contributed by atoms with Crippen LogP contribution in [0.3, 0.4) is 0 Å². The average Bonchev–Trinajstić information content (AvgIpc) is 3.87. The highest BCUT2D eigenvalue weighted by Gasteiger charge is 2.30. The Morgan fingerprint density at radius 3 is 2.18 bits per heavy atom. The van der Waals surface area contributed by atoms with Gasteiger partial charge in [-0.3, -0.25) is 0 Å². The summed E-state index contributed by atoms with van der Waals surface area (Å²) in [6.07, 6.45) is 9.39. The zero-order chi connectivity index (χ0) is 30.6. The summed E-state index contributed by atoms with van der Waals surface area (Å²) in [7, 11) is 0. The lowest BCUT2D eigenvalue weighted by Crippen LogP contribution is -2.32. The third kappa shape index (κ3) is 7.29. The topological polar surface area (TPSA) is 29.0 Å². The predicted molar refractivity (Wildman–Crippen MR) is 187 cm³/mol. The fourth-order valence-electron chi connectivity index (χ4n) is 7.30. The van der Waals surface area contributed by atoms with Gasteiger partial charge >= 0.3 is 0 Å². The molecule has 2 aromatic heterocycles. The number of alkyl halides is 1. The lowest BCUT2D eigenvalue weighted by atomic mass is 9.78. The maximum Gasteiger partial charge on any atom is 0.123 e. The molecule has 45 heavy (non-hydrogen) atoms. The molecule has 1 aliphatic heterocycles. The van der Waals surface area contributed by atoms with Gasteiger partial charge < -0.3 is 4.90 Å². The second kappa shape index (κ2) is 14.1. The summed E-state index contributed by atoms with van der Waals surface area (Å²) in [6, 6.07) is 23.8. The highest BCUT2D eigenvalue weighted by Crippen LogP contribution is 2.37. The summed E-state index contributed by atoms with van der Waals surface area (Å²) >= 11 is 3.45. The summed E-state index contributed by atoms with van der Waals surface area (Å²) in [5.74, 6) is 0.742. The molecule has 0 bridgehead atoms. The first kappa shape index (κ1) is 30.5. The number of hydrogen-bond acceptors (Lipinski definition) is 5. The molecule has 0 saturated carbocycles. The number of nitrogens with zero attached hydrogens (tertiary/aromatic N) is 3. The highest BCUT2D eigenvalue weighted by atomic mass is 32.1. The van der Waals surface area contributed by atoms with E-state index in [-0.39, 0.29) is 0 Å². The van der Waals surface area contributed by atoms with E-state index in [4.69, 9.17) is 9.97 Å². The Balaban J connectivity index is 1.23. The number of halogens is 1. The van der Waals surface area contributed by atoms with Crippen LogP contribution in [-0.2, 0) is 32.4 Å². The molecule has 0 N–H and O–H groups in total. The number of hydrogen-bond donors (Lipinski definition) is 0. The van der Waals surface area contributed by atoms with Crippen molar-refractivity contribution >= 4 is 22.7 Å². The first-order chi connectivity index (χ1) is 22.1. The van der Waals surface area contributed by atoms with Crippen molar-refractivity contribution in [2.75, 3.05) is 19.6 Å². The van der Waals surface area contributed by atoms with Crippen LogP contribution in [-0.4, -0.2) is 34.5 Å². The van der Waals surface area contributed by atoms with E-state index >= 15 is 0 Å². The molecule has 5 aromatic rings. The van der Waals surface area contributed by atoms with Crippen molar-refractivity contribution in [2.24, 2.45) is 5.92 Å². The van der Waals surface area contributed by atoms with Gasteiger partial charge in [-0.25, -0.2) is 14.4 Å². The Bertz CT molecular complexity index is 1730. The van der Waals surface area contributed by atoms with Crippen LogP contribution in [0.1, 0.15) is 70.8 Å². The number of thiazole rings is 2. The second-order valence-corrected chi connectivity index (χ2v) is 14.7. The summed E-state index contributed by atoms with van der Waals surface area (Å²) in [5, 5.41) is 6.60. The minimum atomic E-state index is -0.452. The van der Waals surface area contributed by atoms with Gasteiger partial charge in [-0.2, -0.15) is 0 Å². The predicted octanol–water partition coefficient (Wildman–Crippen LogP) is 9.87. The zero-order valence-electron chi connectivity index (χ0n) is 26.2. The lowest BCUT2D eigenvalue weighted by Gasteiger charge is -2.31. The third-order valence-electron chi connectivity index (χ3n) is 9.66. The quantitative estimate of drug-likeness (QED) is 0.145. The van der Waals surface area contributed by atoms with Gasteiger partial charge in [0.1, 0.15) is 16.7 Å². The molecule has 6 heteroatoms. The average molecular weight is 636 g/mol. The molecular formula is C39H42FN3S2. The number of aromatic nitrogens is 2. The largest absolute Gasteiger partial charge is 0.303 e. The molecule has 2 unspecified atom stereocenters. The van der Waals surface area contributed by atoms with Crippen molar-refractivity contribution in [2.45, 2.75) is 70.9 Å². The molecule has 3 nitrogen and oxygen atoms in total. The summed E-state index contributed by atoms with van der Waals surface area (Å²) in [6.45, 7) is 5.14. The van der Waals surface area contributed by atoms with Crippen molar-refractivity contribution in [3.8, 4) is 21.1 Å². The van der Waals surface area contributed by atoms with E-state index in [0.717, 1.165) is 40.7 Å². The van der Waals surface area contributed by atoms with Gasteiger partial charge in [-0.05, 0) is 118 Å². The van der Waals surface area contributed by atoms with E-state index < -0.39 is 6.67 Å². The van der Waals surface area contributed by atoms with Gasteiger partial charge in [0.05, 0.1) is 11.4 Å². The van der Waals surface area contributed by atoms with Crippen LogP contribution < -0.4 is 0 Å². The van der Waals surface area contributed by atoms with Crippen molar-refractivity contribution < 1.29 is 4.39 Å². The van der Waals surface area contributed by atoms with E-state index in [1.54, 1.807) is 28.2 Å². The van der Waals surface area contributed by atoms with Gasteiger partial charge in [0.15, 0.2) is 0 Å². The smallest absolute Gasteiger partial charge is 0.123 e. The Labute approximate surface area is 275 Å². The lowest BCUT2D eigenvalue weighted by molar-refractivity contribution is 0.247. The maximum atomic E-state index is 13.4. The van der Waals surface area contributed by atoms with E-state index in [0.29, 0.717) is 17.4 Å². The van der Waals surface area contributed by atoms with Crippen LogP contribution in [0, 0.1) is 12.8 Å². The number of benzene rings is 3. The van der Waals surface area contributed by atoms with Gasteiger partial charge in [0.25, 0.3) is 0 Å². The normalized spacial score (nSPS) is 16.5. The number of aryl methyl sites for hydroxylation is 3. The molecule has 3 aromatic carbocycles. The third-order valence-corrected chi connectivity index (χ3v) is 11.5. The van der Waals surface area contributed by atoms with Crippen LogP contribution in [0.5, 0.6) is 0 Å². The number of rotatable bonds is 11. The molecule has 7 rings (SSSR count). The van der Waals surface area contributed by atoms with E-state index in [9.17, 15) is 4.39 Å².